The number of amides is 1. The molecule has 7 heteroatoms. The summed E-state index contributed by atoms with van der Waals surface area (Å²) in [5, 5.41) is 2.78. The number of aromatic nitrogens is 2. The molecule has 0 aliphatic carbocycles. The predicted molar refractivity (Wildman–Crippen MR) is 88.1 cm³/mol. The molecule has 0 spiro atoms. The molecule has 0 aliphatic rings. The standard InChI is InChI=1S/C16H20N4O3/c1-11(23-12-8-6-5-7-9-12)15(21)18-13-10-17-16(22-4)19-14(13)20(2)3/h5-11H,1-4H3,(H,18,21). The third kappa shape index (κ3) is 4.32. The number of carbonyl (C=O) groups excluding carboxylic acids is 1. The van der Waals surface area contributed by atoms with Crippen LogP contribution in [0.15, 0.2) is 36.5 Å². The largest absolute Gasteiger partial charge is 0.481 e. The van der Waals surface area contributed by atoms with Gasteiger partial charge in [0, 0.05) is 14.1 Å². The maximum absolute atomic E-state index is 12.3. The molecule has 7 nitrogen and oxygen atoms in total. The zero-order chi connectivity index (χ0) is 16.8. The third-order valence-corrected chi connectivity index (χ3v) is 3.04. The van der Waals surface area contributed by atoms with E-state index in [0.717, 1.165) is 0 Å². The molecule has 122 valence electrons. The molecule has 0 radical (unpaired) electrons. The SMILES string of the molecule is COc1ncc(NC(=O)C(C)Oc2ccccc2)c(N(C)C)n1. The monoisotopic (exact) mass is 316 g/mol. The van der Waals surface area contributed by atoms with Crippen molar-refractivity contribution < 1.29 is 14.3 Å². The average Bonchev–Trinajstić information content (AvgIpc) is 2.55. The summed E-state index contributed by atoms with van der Waals surface area (Å²) in [6, 6.07) is 9.41. The van der Waals surface area contributed by atoms with Crippen LogP contribution < -0.4 is 19.7 Å². The molecule has 1 heterocycles. The molecular weight excluding hydrogens is 296 g/mol. The number of nitrogens with one attached hydrogen (secondary N) is 1. The van der Waals surface area contributed by atoms with Gasteiger partial charge in [-0.25, -0.2) is 4.98 Å². The van der Waals surface area contributed by atoms with Gasteiger partial charge in [-0.1, -0.05) is 18.2 Å². The number of carbonyl (C=O) groups is 1. The van der Waals surface area contributed by atoms with Gasteiger partial charge >= 0.3 is 6.01 Å². The number of hydrogen-bond acceptors (Lipinski definition) is 6. The highest BCUT2D eigenvalue weighted by molar-refractivity contribution is 5.96. The molecule has 1 unspecified atom stereocenters. The highest BCUT2D eigenvalue weighted by atomic mass is 16.5. The Hall–Kier alpha value is -2.83. The Morgan fingerprint density at radius 3 is 2.57 bits per heavy atom. The van der Waals surface area contributed by atoms with Crippen molar-refractivity contribution >= 4 is 17.4 Å². The van der Waals surface area contributed by atoms with Crippen LogP contribution in [0, 0.1) is 0 Å². The quantitative estimate of drug-likeness (QED) is 0.878. The maximum Gasteiger partial charge on any atom is 0.318 e. The Balaban J connectivity index is 2.10. The molecule has 1 atom stereocenters. The summed E-state index contributed by atoms with van der Waals surface area (Å²) in [5.74, 6) is 0.900. The van der Waals surface area contributed by atoms with Crippen LogP contribution in [-0.2, 0) is 4.79 Å². The first-order chi connectivity index (χ1) is 11.0. The fourth-order valence-electron chi connectivity index (χ4n) is 1.88. The van der Waals surface area contributed by atoms with Crippen molar-refractivity contribution in [3.63, 3.8) is 0 Å². The first-order valence-corrected chi connectivity index (χ1v) is 7.12. The van der Waals surface area contributed by atoms with E-state index in [1.54, 1.807) is 24.0 Å². The maximum atomic E-state index is 12.3. The lowest BCUT2D eigenvalue weighted by Gasteiger charge is -2.19. The second-order valence-electron chi connectivity index (χ2n) is 5.05. The fourth-order valence-corrected chi connectivity index (χ4v) is 1.88. The van der Waals surface area contributed by atoms with E-state index >= 15 is 0 Å². The van der Waals surface area contributed by atoms with E-state index < -0.39 is 6.10 Å². The second-order valence-corrected chi connectivity index (χ2v) is 5.05. The number of nitrogens with zero attached hydrogens (tertiary/aromatic N) is 3. The van der Waals surface area contributed by atoms with Crippen molar-refractivity contribution in [2.45, 2.75) is 13.0 Å². The van der Waals surface area contributed by atoms with E-state index in [0.29, 0.717) is 17.3 Å². The number of ether oxygens (including phenoxy) is 2. The summed E-state index contributed by atoms with van der Waals surface area (Å²) in [6.07, 6.45) is 0.850. The predicted octanol–water partition coefficient (Wildman–Crippen LogP) is 1.96. The van der Waals surface area contributed by atoms with Crippen LogP contribution in [0.3, 0.4) is 0 Å². The van der Waals surface area contributed by atoms with Crippen molar-refractivity contribution in [3.05, 3.63) is 36.5 Å². The molecule has 1 aromatic heterocycles. The number of methoxy groups -OCH3 is 1. The molecule has 0 saturated heterocycles. The van der Waals surface area contributed by atoms with E-state index in [1.807, 2.05) is 32.3 Å². The van der Waals surface area contributed by atoms with E-state index in [1.165, 1.54) is 13.3 Å². The summed E-state index contributed by atoms with van der Waals surface area (Å²) in [6.45, 7) is 1.68. The number of benzene rings is 1. The van der Waals surface area contributed by atoms with Gasteiger partial charge in [0.25, 0.3) is 5.91 Å². The third-order valence-electron chi connectivity index (χ3n) is 3.04. The molecule has 23 heavy (non-hydrogen) atoms. The van der Waals surface area contributed by atoms with Crippen LogP contribution in [-0.4, -0.2) is 43.2 Å². The first-order valence-electron chi connectivity index (χ1n) is 7.12. The van der Waals surface area contributed by atoms with Crippen molar-refractivity contribution in [3.8, 4) is 11.8 Å². The van der Waals surface area contributed by atoms with Gasteiger partial charge in [0.05, 0.1) is 13.3 Å². The minimum atomic E-state index is -0.658. The number of para-hydroxylation sites is 1. The topological polar surface area (TPSA) is 76.6 Å². The van der Waals surface area contributed by atoms with Crippen LogP contribution in [0.1, 0.15) is 6.92 Å². The van der Waals surface area contributed by atoms with Gasteiger partial charge in [-0.15, -0.1) is 0 Å². The van der Waals surface area contributed by atoms with Crippen molar-refractivity contribution in [1.82, 2.24) is 9.97 Å². The Morgan fingerprint density at radius 1 is 1.26 bits per heavy atom. The van der Waals surface area contributed by atoms with Crippen molar-refractivity contribution in [2.75, 3.05) is 31.4 Å². The average molecular weight is 316 g/mol. The second kappa shape index (κ2) is 7.44. The molecule has 2 rings (SSSR count). The molecule has 0 aliphatic heterocycles. The van der Waals surface area contributed by atoms with Crippen LogP contribution in [0.2, 0.25) is 0 Å². The minimum absolute atomic E-state index is 0.236. The summed E-state index contributed by atoms with van der Waals surface area (Å²) in [5.41, 5.74) is 0.490. The molecule has 1 aromatic carbocycles. The molecular formula is C16H20N4O3. The lowest BCUT2D eigenvalue weighted by atomic mass is 10.3. The van der Waals surface area contributed by atoms with Gasteiger partial charge < -0.3 is 19.7 Å². The zero-order valence-corrected chi connectivity index (χ0v) is 13.6. The fraction of sp³-hybridized carbons (Fsp3) is 0.312. The Kier molecular flexibility index (Phi) is 5.35. The van der Waals surface area contributed by atoms with Gasteiger partial charge in [0.1, 0.15) is 11.4 Å². The van der Waals surface area contributed by atoms with Crippen LogP contribution in [0.5, 0.6) is 11.8 Å². The smallest absolute Gasteiger partial charge is 0.318 e. The molecule has 1 amide bonds. The molecule has 2 aromatic rings. The first kappa shape index (κ1) is 16.5. The zero-order valence-electron chi connectivity index (χ0n) is 13.6. The van der Waals surface area contributed by atoms with Crippen LogP contribution in [0.4, 0.5) is 11.5 Å². The number of anilines is 2. The summed E-state index contributed by atoms with van der Waals surface area (Å²) in [7, 11) is 5.13. The normalized spacial score (nSPS) is 11.5. The van der Waals surface area contributed by atoms with E-state index in [9.17, 15) is 4.79 Å². The molecule has 0 saturated carbocycles. The Bertz CT molecular complexity index is 662. The van der Waals surface area contributed by atoms with E-state index in [2.05, 4.69) is 15.3 Å². The Morgan fingerprint density at radius 2 is 1.96 bits per heavy atom. The molecule has 1 N–H and O–H groups in total. The molecule has 0 fully saturated rings. The van der Waals surface area contributed by atoms with Gasteiger partial charge in [0.2, 0.25) is 0 Å². The summed E-state index contributed by atoms with van der Waals surface area (Å²) < 4.78 is 10.6. The number of rotatable bonds is 6. The lowest BCUT2D eigenvalue weighted by molar-refractivity contribution is -0.122. The van der Waals surface area contributed by atoms with E-state index in [-0.39, 0.29) is 11.9 Å². The molecule has 0 bridgehead atoms. The Labute approximate surface area is 135 Å². The van der Waals surface area contributed by atoms with Gasteiger partial charge in [0.15, 0.2) is 11.9 Å². The number of hydrogen-bond donors (Lipinski definition) is 1. The van der Waals surface area contributed by atoms with Crippen LogP contribution in [0.25, 0.3) is 0 Å². The summed E-state index contributed by atoms with van der Waals surface area (Å²) in [4.78, 5) is 22.3. The van der Waals surface area contributed by atoms with Crippen LogP contribution >= 0.6 is 0 Å². The van der Waals surface area contributed by atoms with Gasteiger partial charge in [-0.3, -0.25) is 4.79 Å². The highest BCUT2D eigenvalue weighted by Gasteiger charge is 2.18. The van der Waals surface area contributed by atoms with E-state index in [4.69, 9.17) is 9.47 Å². The minimum Gasteiger partial charge on any atom is -0.481 e. The highest BCUT2D eigenvalue weighted by Crippen LogP contribution is 2.23. The van der Waals surface area contributed by atoms with Crippen molar-refractivity contribution in [1.29, 1.82) is 0 Å². The summed E-state index contributed by atoms with van der Waals surface area (Å²) >= 11 is 0. The van der Waals surface area contributed by atoms with Gasteiger partial charge in [-0.05, 0) is 19.1 Å². The van der Waals surface area contributed by atoms with Crippen molar-refractivity contribution in [2.24, 2.45) is 0 Å². The lowest BCUT2D eigenvalue weighted by Crippen LogP contribution is -2.31. The van der Waals surface area contributed by atoms with Gasteiger partial charge in [-0.2, -0.15) is 4.98 Å².